The molecule has 0 spiro atoms. The van der Waals surface area contributed by atoms with Gasteiger partial charge in [-0.2, -0.15) is 4.99 Å². The molecule has 3 aliphatic rings. The average Bonchev–Trinajstić information content (AvgIpc) is 3.01. The van der Waals surface area contributed by atoms with Crippen molar-refractivity contribution in [3.8, 4) is 0 Å². The lowest BCUT2D eigenvalue weighted by Gasteiger charge is -2.31. The van der Waals surface area contributed by atoms with Crippen molar-refractivity contribution in [3.05, 3.63) is 29.8 Å². The van der Waals surface area contributed by atoms with Crippen molar-refractivity contribution >= 4 is 40.3 Å². The van der Waals surface area contributed by atoms with E-state index < -0.39 is 5.25 Å². The van der Waals surface area contributed by atoms with Crippen LogP contribution in [0.5, 0.6) is 0 Å². The smallest absolute Gasteiger partial charge is 0.262 e. The number of benzene rings is 1. The standard InChI is InChI=1S/C20H24N4O3S/c25-17(13-16-18(26)22-20(28-16)24-8-2-1-3-9-24)21-15-7-4-6-14(12-15)19(27)23-10-5-11-23/h4,6-7,12,16H,1-3,5,8-11,13H2,(H,21,25). The van der Waals surface area contributed by atoms with Gasteiger partial charge in [0.05, 0.1) is 0 Å². The highest BCUT2D eigenvalue weighted by Crippen LogP contribution is 2.29. The van der Waals surface area contributed by atoms with Gasteiger partial charge in [0, 0.05) is 43.9 Å². The number of amides is 3. The molecule has 28 heavy (non-hydrogen) atoms. The Morgan fingerprint density at radius 3 is 2.61 bits per heavy atom. The number of hydrogen-bond acceptors (Lipinski definition) is 5. The second-order valence-corrected chi connectivity index (χ2v) is 8.54. The van der Waals surface area contributed by atoms with Crippen LogP contribution >= 0.6 is 11.8 Å². The number of carbonyl (C=O) groups excluding carboxylic acids is 3. The summed E-state index contributed by atoms with van der Waals surface area (Å²) >= 11 is 1.39. The Bertz CT molecular complexity index is 815. The van der Waals surface area contributed by atoms with Crippen LogP contribution in [0, 0.1) is 0 Å². The number of carbonyl (C=O) groups is 3. The fourth-order valence-electron chi connectivity index (χ4n) is 3.54. The van der Waals surface area contributed by atoms with Crippen LogP contribution in [-0.2, 0) is 9.59 Å². The lowest BCUT2D eigenvalue weighted by Crippen LogP contribution is -2.42. The van der Waals surface area contributed by atoms with Gasteiger partial charge in [0.25, 0.3) is 11.8 Å². The monoisotopic (exact) mass is 400 g/mol. The van der Waals surface area contributed by atoms with Crippen molar-refractivity contribution in [1.82, 2.24) is 9.80 Å². The largest absolute Gasteiger partial charge is 0.351 e. The number of rotatable bonds is 4. The van der Waals surface area contributed by atoms with Gasteiger partial charge < -0.3 is 15.1 Å². The van der Waals surface area contributed by atoms with Gasteiger partial charge in [0.15, 0.2) is 5.17 Å². The molecule has 3 heterocycles. The zero-order valence-corrected chi connectivity index (χ0v) is 16.5. The Hall–Kier alpha value is -2.35. The van der Waals surface area contributed by atoms with Gasteiger partial charge in [-0.25, -0.2) is 0 Å². The highest BCUT2D eigenvalue weighted by atomic mass is 32.2. The molecule has 0 radical (unpaired) electrons. The minimum Gasteiger partial charge on any atom is -0.351 e. The van der Waals surface area contributed by atoms with E-state index in [0.717, 1.165) is 50.6 Å². The van der Waals surface area contributed by atoms with Crippen molar-refractivity contribution in [1.29, 1.82) is 0 Å². The summed E-state index contributed by atoms with van der Waals surface area (Å²) in [5.74, 6) is -0.486. The molecule has 3 aliphatic heterocycles. The molecule has 4 rings (SSSR count). The maximum Gasteiger partial charge on any atom is 0.262 e. The van der Waals surface area contributed by atoms with E-state index in [0.29, 0.717) is 11.3 Å². The molecule has 1 unspecified atom stereocenters. The summed E-state index contributed by atoms with van der Waals surface area (Å²) in [4.78, 5) is 45.1. The number of thioether (sulfide) groups is 1. The van der Waals surface area contributed by atoms with E-state index in [1.165, 1.54) is 18.2 Å². The van der Waals surface area contributed by atoms with Gasteiger partial charge in [-0.15, -0.1) is 0 Å². The molecule has 1 aromatic rings. The molecule has 1 aromatic carbocycles. The summed E-state index contributed by atoms with van der Waals surface area (Å²) in [6, 6.07) is 6.96. The molecule has 2 saturated heterocycles. The first-order valence-corrected chi connectivity index (χ1v) is 10.7. The minimum atomic E-state index is -0.470. The van der Waals surface area contributed by atoms with Crippen LogP contribution in [-0.4, -0.2) is 64.1 Å². The molecule has 0 saturated carbocycles. The van der Waals surface area contributed by atoms with Crippen molar-refractivity contribution in [2.75, 3.05) is 31.5 Å². The molecule has 7 nitrogen and oxygen atoms in total. The van der Waals surface area contributed by atoms with E-state index in [1.54, 1.807) is 29.2 Å². The third-order valence-electron chi connectivity index (χ3n) is 5.26. The van der Waals surface area contributed by atoms with Gasteiger partial charge in [0.1, 0.15) is 5.25 Å². The lowest BCUT2D eigenvalue weighted by atomic mass is 10.1. The predicted molar refractivity (Wildman–Crippen MR) is 109 cm³/mol. The predicted octanol–water partition coefficient (Wildman–Crippen LogP) is 2.34. The third kappa shape index (κ3) is 4.22. The van der Waals surface area contributed by atoms with Gasteiger partial charge in [-0.05, 0) is 43.9 Å². The summed E-state index contributed by atoms with van der Waals surface area (Å²) in [6.45, 7) is 3.43. The second-order valence-electron chi connectivity index (χ2n) is 7.37. The van der Waals surface area contributed by atoms with Crippen molar-refractivity contribution in [2.24, 2.45) is 4.99 Å². The molecular weight excluding hydrogens is 376 g/mol. The fraction of sp³-hybridized carbons (Fsp3) is 0.500. The quantitative estimate of drug-likeness (QED) is 0.839. The van der Waals surface area contributed by atoms with Crippen LogP contribution in [0.25, 0.3) is 0 Å². The summed E-state index contributed by atoms with van der Waals surface area (Å²) in [5.41, 5.74) is 1.14. The number of amidine groups is 1. The first-order chi connectivity index (χ1) is 13.6. The van der Waals surface area contributed by atoms with E-state index in [4.69, 9.17) is 0 Å². The molecule has 148 valence electrons. The van der Waals surface area contributed by atoms with Gasteiger partial charge in [-0.1, -0.05) is 17.8 Å². The first kappa shape index (κ1) is 19.0. The van der Waals surface area contributed by atoms with Crippen LogP contribution in [0.1, 0.15) is 42.5 Å². The highest BCUT2D eigenvalue weighted by molar-refractivity contribution is 8.15. The number of aliphatic imine (C=N–C) groups is 1. The number of anilines is 1. The van der Waals surface area contributed by atoms with Crippen LogP contribution in [0.2, 0.25) is 0 Å². The number of likely N-dealkylation sites (tertiary alicyclic amines) is 2. The van der Waals surface area contributed by atoms with Crippen LogP contribution in [0.15, 0.2) is 29.3 Å². The van der Waals surface area contributed by atoms with Crippen molar-refractivity contribution < 1.29 is 14.4 Å². The highest BCUT2D eigenvalue weighted by Gasteiger charge is 2.33. The average molecular weight is 401 g/mol. The molecule has 1 atom stereocenters. The molecule has 1 N–H and O–H groups in total. The van der Waals surface area contributed by atoms with Crippen molar-refractivity contribution in [3.63, 3.8) is 0 Å². The van der Waals surface area contributed by atoms with Crippen LogP contribution in [0.3, 0.4) is 0 Å². The van der Waals surface area contributed by atoms with E-state index >= 15 is 0 Å². The Labute approximate surface area is 168 Å². The topological polar surface area (TPSA) is 82.1 Å². The molecule has 0 aromatic heterocycles. The molecule has 8 heteroatoms. The Morgan fingerprint density at radius 2 is 1.89 bits per heavy atom. The number of nitrogens with one attached hydrogen (secondary N) is 1. The maximum absolute atomic E-state index is 12.4. The summed E-state index contributed by atoms with van der Waals surface area (Å²) in [6.07, 6.45) is 4.57. The summed E-state index contributed by atoms with van der Waals surface area (Å²) < 4.78 is 0. The molecular formula is C20H24N4O3S. The van der Waals surface area contributed by atoms with E-state index in [1.807, 2.05) is 0 Å². The molecule has 2 fully saturated rings. The maximum atomic E-state index is 12.4. The molecule has 3 amide bonds. The van der Waals surface area contributed by atoms with Gasteiger partial charge in [0.2, 0.25) is 5.91 Å². The molecule has 0 aliphatic carbocycles. The minimum absolute atomic E-state index is 0.0107. The zero-order valence-electron chi connectivity index (χ0n) is 15.7. The van der Waals surface area contributed by atoms with E-state index in [2.05, 4.69) is 15.2 Å². The normalized spacial score (nSPS) is 21.9. The van der Waals surface area contributed by atoms with E-state index in [9.17, 15) is 14.4 Å². The first-order valence-electron chi connectivity index (χ1n) is 9.83. The van der Waals surface area contributed by atoms with Crippen LogP contribution in [0.4, 0.5) is 5.69 Å². The summed E-state index contributed by atoms with van der Waals surface area (Å²) in [7, 11) is 0. The van der Waals surface area contributed by atoms with Gasteiger partial charge >= 0.3 is 0 Å². The molecule has 0 bridgehead atoms. The van der Waals surface area contributed by atoms with Crippen LogP contribution < -0.4 is 5.32 Å². The Morgan fingerprint density at radius 1 is 1.11 bits per heavy atom. The fourth-order valence-corrected chi connectivity index (χ4v) is 4.66. The van der Waals surface area contributed by atoms with Crippen molar-refractivity contribution in [2.45, 2.75) is 37.4 Å². The van der Waals surface area contributed by atoms with Gasteiger partial charge in [-0.3, -0.25) is 14.4 Å². The second kappa shape index (κ2) is 8.34. The Balaban J connectivity index is 1.32. The number of hydrogen-bond donors (Lipinski definition) is 1. The zero-order chi connectivity index (χ0) is 19.5. The lowest BCUT2D eigenvalue weighted by molar-refractivity contribution is -0.121. The number of piperidine rings is 1. The van der Waals surface area contributed by atoms with E-state index in [-0.39, 0.29) is 24.1 Å². The SMILES string of the molecule is O=C(CC1SC(N2CCCCC2)=NC1=O)Nc1cccc(C(=O)N2CCC2)c1. The summed E-state index contributed by atoms with van der Waals surface area (Å²) in [5, 5.41) is 3.10. The number of nitrogens with zero attached hydrogens (tertiary/aromatic N) is 3. The Kier molecular flexibility index (Phi) is 5.66. The third-order valence-corrected chi connectivity index (χ3v) is 6.48.